The Morgan fingerprint density at radius 1 is 1.21 bits per heavy atom. The van der Waals surface area contributed by atoms with Crippen molar-refractivity contribution < 1.29 is 37.1 Å². The molecule has 2 rings (SSSR count). The number of carbonyl (C=O) groups excluding carboxylic acids is 4. The van der Waals surface area contributed by atoms with Gasteiger partial charge in [-0.15, -0.1) is 0 Å². The molecular weight excluding hydrogens is 397 g/mol. The van der Waals surface area contributed by atoms with Crippen molar-refractivity contribution >= 4 is 23.9 Å². The van der Waals surface area contributed by atoms with Gasteiger partial charge in [0.15, 0.2) is 0 Å². The van der Waals surface area contributed by atoms with E-state index in [1.54, 1.807) is 36.5 Å². The SMILES string of the molecule is CC[C@@]1(c2ccc(OC)cc2)NC(=O)N(CC(=O)NC(=O)NCC(F)(F)F)C1=O. The summed E-state index contributed by atoms with van der Waals surface area (Å²) >= 11 is 0. The van der Waals surface area contributed by atoms with Crippen LogP contribution in [0.4, 0.5) is 22.8 Å². The van der Waals surface area contributed by atoms with E-state index in [9.17, 15) is 32.3 Å². The Morgan fingerprint density at radius 3 is 2.34 bits per heavy atom. The molecule has 29 heavy (non-hydrogen) atoms. The molecule has 0 unspecified atom stereocenters. The molecule has 1 aliphatic heterocycles. The second-order valence-electron chi connectivity index (χ2n) is 6.15. The smallest absolute Gasteiger partial charge is 0.405 e. The predicted octanol–water partition coefficient (Wildman–Crippen LogP) is 1.24. The molecule has 158 valence electrons. The highest BCUT2D eigenvalue weighted by Crippen LogP contribution is 2.33. The lowest BCUT2D eigenvalue weighted by atomic mass is 9.87. The first-order chi connectivity index (χ1) is 13.5. The molecule has 0 aromatic heterocycles. The Bertz CT molecular complexity index is 812. The minimum atomic E-state index is -4.65. The number of urea groups is 2. The van der Waals surface area contributed by atoms with Gasteiger partial charge < -0.3 is 15.4 Å². The maximum atomic E-state index is 12.9. The molecule has 1 heterocycles. The van der Waals surface area contributed by atoms with Gasteiger partial charge in [-0.3, -0.25) is 19.8 Å². The molecule has 6 amide bonds. The van der Waals surface area contributed by atoms with Gasteiger partial charge in [0.05, 0.1) is 7.11 Å². The van der Waals surface area contributed by atoms with Crippen LogP contribution < -0.4 is 20.7 Å². The first-order valence-electron chi connectivity index (χ1n) is 8.45. The van der Waals surface area contributed by atoms with Gasteiger partial charge in [0, 0.05) is 0 Å². The van der Waals surface area contributed by atoms with E-state index < -0.39 is 48.7 Å². The summed E-state index contributed by atoms with van der Waals surface area (Å²) in [4.78, 5) is 49.0. The number of amides is 6. The van der Waals surface area contributed by atoms with Crippen LogP contribution in [0.25, 0.3) is 0 Å². The van der Waals surface area contributed by atoms with Gasteiger partial charge in [-0.1, -0.05) is 19.1 Å². The van der Waals surface area contributed by atoms with E-state index in [0.717, 1.165) is 0 Å². The number of methoxy groups -OCH3 is 1. The highest BCUT2D eigenvalue weighted by atomic mass is 19.4. The van der Waals surface area contributed by atoms with Crippen molar-refractivity contribution in [3.63, 3.8) is 0 Å². The molecule has 0 radical (unpaired) electrons. The van der Waals surface area contributed by atoms with Crippen LogP contribution in [0.5, 0.6) is 5.75 Å². The van der Waals surface area contributed by atoms with Gasteiger partial charge in [0.1, 0.15) is 24.4 Å². The number of imide groups is 2. The van der Waals surface area contributed by atoms with E-state index in [0.29, 0.717) is 16.2 Å². The number of carbonyl (C=O) groups is 4. The normalized spacial score (nSPS) is 19.0. The number of alkyl halides is 3. The Morgan fingerprint density at radius 2 is 1.83 bits per heavy atom. The van der Waals surface area contributed by atoms with Crippen molar-refractivity contribution in [2.45, 2.75) is 25.1 Å². The summed E-state index contributed by atoms with van der Waals surface area (Å²) in [6, 6.07) is 4.14. The highest BCUT2D eigenvalue weighted by molar-refractivity contribution is 6.10. The topological polar surface area (TPSA) is 117 Å². The fourth-order valence-corrected chi connectivity index (χ4v) is 2.82. The van der Waals surface area contributed by atoms with E-state index >= 15 is 0 Å². The number of nitrogens with one attached hydrogen (secondary N) is 3. The molecule has 1 atom stereocenters. The van der Waals surface area contributed by atoms with E-state index in [-0.39, 0.29) is 6.42 Å². The van der Waals surface area contributed by atoms with E-state index in [4.69, 9.17) is 4.74 Å². The summed E-state index contributed by atoms with van der Waals surface area (Å²) in [6.45, 7) is -0.801. The molecule has 12 heteroatoms. The van der Waals surface area contributed by atoms with Crippen LogP contribution in [0.2, 0.25) is 0 Å². The Kier molecular flexibility index (Phi) is 6.34. The van der Waals surface area contributed by atoms with Gasteiger partial charge in [-0.05, 0) is 24.1 Å². The largest absolute Gasteiger partial charge is 0.497 e. The Labute approximate surface area is 163 Å². The molecule has 1 aromatic carbocycles. The summed E-state index contributed by atoms with van der Waals surface area (Å²) in [7, 11) is 1.47. The molecule has 1 aromatic rings. The summed E-state index contributed by atoms with van der Waals surface area (Å²) in [6.07, 6.45) is -4.47. The quantitative estimate of drug-likeness (QED) is 0.604. The third-order valence-corrected chi connectivity index (χ3v) is 4.29. The summed E-state index contributed by atoms with van der Waals surface area (Å²) in [5.41, 5.74) is -0.952. The van der Waals surface area contributed by atoms with E-state index in [1.807, 2.05) is 0 Å². The van der Waals surface area contributed by atoms with Crippen LogP contribution in [0.3, 0.4) is 0 Å². The van der Waals surface area contributed by atoms with Crippen LogP contribution in [-0.2, 0) is 15.1 Å². The summed E-state index contributed by atoms with van der Waals surface area (Å²) in [5.74, 6) is -1.30. The van der Waals surface area contributed by atoms with Crippen molar-refractivity contribution in [1.29, 1.82) is 0 Å². The van der Waals surface area contributed by atoms with Crippen LogP contribution in [0.15, 0.2) is 24.3 Å². The minimum Gasteiger partial charge on any atom is -0.497 e. The van der Waals surface area contributed by atoms with Crippen LogP contribution in [0, 0.1) is 0 Å². The molecule has 0 spiro atoms. The number of benzene rings is 1. The fourth-order valence-electron chi connectivity index (χ4n) is 2.82. The molecule has 0 bridgehead atoms. The van der Waals surface area contributed by atoms with Crippen molar-refractivity contribution in [3.8, 4) is 5.75 Å². The molecule has 1 fully saturated rings. The molecule has 3 N–H and O–H groups in total. The minimum absolute atomic E-state index is 0.175. The zero-order valence-corrected chi connectivity index (χ0v) is 15.6. The molecule has 1 saturated heterocycles. The number of rotatable bonds is 6. The van der Waals surface area contributed by atoms with E-state index in [2.05, 4.69) is 5.32 Å². The zero-order chi connectivity index (χ0) is 21.8. The predicted molar refractivity (Wildman–Crippen MR) is 92.8 cm³/mol. The van der Waals surface area contributed by atoms with Crippen molar-refractivity contribution in [1.82, 2.24) is 20.9 Å². The lowest BCUT2D eigenvalue weighted by molar-refractivity contribution is -0.135. The van der Waals surface area contributed by atoms with Gasteiger partial charge in [-0.2, -0.15) is 13.2 Å². The third kappa shape index (κ3) is 4.95. The Hall–Kier alpha value is -3.31. The fraction of sp³-hybridized carbons (Fsp3) is 0.412. The van der Waals surface area contributed by atoms with Crippen LogP contribution >= 0.6 is 0 Å². The van der Waals surface area contributed by atoms with Gasteiger partial charge >= 0.3 is 18.2 Å². The second-order valence-corrected chi connectivity index (χ2v) is 6.15. The average molecular weight is 416 g/mol. The standard InChI is InChI=1S/C17H19F3N4O5/c1-3-16(10-4-6-11(29-2)7-5-10)13(26)24(15(28)23-16)8-12(25)22-14(27)21-9-17(18,19)20/h4-7H,3,8-9H2,1-2H3,(H,23,28)(H2,21,22,25,27)/t16-/m0/s1. The summed E-state index contributed by atoms with van der Waals surface area (Å²) in [5, 5.41) is 5.64. The van der Waals surface area contributed by atoms with Gasteiger partial charge in [-0.25, -0.2) is 9.59 Å². The Balaban J connectivity index is 2.08. The highest BCUT2D eigenvalue weighted by Gasteiger charge is 2.51. The van der Waals surface area contributed by atoms with Gasteiger partial charge in [0.25, 0.3) is 5.91 Å². The average Bonchev–Trinajstić information content (AvgIpc) is 2.91. The lowest BCUT2D eigenvalue weighted by Crippen LogP contribution is -2.48. The molecular formula is C17H19F3N4O5. The number of ether oxygens (including phenoxy) is 1. The van der Waals surface area contributed by atoms with Crippen molar-refractivity contribution in [2.75, 3.05) is 20.2 Å². The number of nitrogens with zero attached hydrogens (tertiary/aromatic N) is 1. The maximum absolute atomic E-state index is 12.9. The van der Waals surface area contributed by atoms with Crippen LogP contribution in [-0.4, -0.2) is 55.2 Å². The number of hydrogen-bond acceptors (Lipinski definition) is 5. The van der Waals surface area contributed by atoms with Crippen molar-refractivity contribution in [3.05, 3.63) is 29.8 Å². The monoisotopic (exact) mass is 416 g/mol. The molecule has 0 aliphatic carbocycles. The maximum Gasteiger partial charge on any atom is 0.405 e. The van der Waals surface area contributed by atoms with Crippen LogP contribution in [0.1, 0.15) is 18.9 Å². The second kappa shape index (κ2) is 8.37. The molecule has 0 saturated carbocycles. The first-order valence-corrected chi connectivity index (χ1v) is 8.45. The zero-order valence-electron chi connectivity index (χ0n) is 15.6. The number of halogens is 3. The summed E-state index contributed by atoms with van der Waals surface area (Å²) < 4.78 is 41.3. The first kappa shape index (κ1) is 22.0. The third-order valence-electron chi connectivity index (χ3n) is 4.29. The number of hydrogen-bond donors (Lipinski definition) is 3. The lowest BCUT2D eigenvalue weighted by Gasteiger charge is -2.25. The molecule has 1 aliphatic rings. The van der Waals surface area contributed by atoms with Crippen molar-refractivity contribution in [2.24, 2.45) is 0 Å². The van der Waals surface area contributed by atoms with E-state index in [1.165, 1.54) is 12.4 Å². The van der Waals surface area contributed by atoms with Gasteiger partial charge in [0.2, 0.25) is 5.91 Å². The molecule has 9 nitrogen and oxygen atoms in total.